The molecular formula is C10H19NO3. The Balaban J connectivity index is 2.25. The van der Waals surface area contributed by atoms with Crippen LogP contribution in [0.4, 0.5) is 0 Å². The van der Waals surface area contributed by atoms with E-state index in [1.165, 1.54) is 7.11 Å². The van der Waals surface area contributed by atoms with Gasteiger partial charge in [0.25, 0.3) is 0 Å². The molecule has 0 saturated carbocycles. The van der Waals surface area contributed by atoms with Crippen LogP contribution >= 0.6 is 0 Å². The Labute approximate surface area is 84.8 Å². The van der Waals surface area contributed by atoms with Crippen LogP contribution in [0.2, 0.25) is 0 Å². The van der Waals surface area contributed by atoms with Crippen molar-refractivity contribution in [3.05, 3.63) is 0 Å². The first-order valence-corrected chi connectivity index (χ1v) is 4.99. The fraction of sp³-hybridized carbons (Fsp3) is 0.900. The molecule has 0 aromatic rings. The van der Waals surface area contributed by atoms with Crippen molar-refractivity contribution in [2.24, 2.45) is 0 Å². The van der Waals surface area contributed by atoms with Crippen LogP contribution in [0.25, 0.3) is 0 Å². The zero-order valence-corrected chi connectivity index (χ0v) is 8.95. The van der Waals surface area contributed by atoms with Gasteiger partial charge >= 0.3 is 0 Å². The third-order valence-electron chi connectivity index (χ3n) is 2.64. The van der Waals surface area contributed by atoms with Crippen molar-refractivity contribution in [1.82, 2.24) is 4.90 Å². The molecule has 1 aliphatic heterocycles. The lowest BCUT2D eigenvalue weighted by molar-refractivity contribution is -0.124. The molecule has 14 heavy (non-hydrogen) atoms. The van der Waals surface area contributed by atoms with Crippen LogP contribution in [-0.4, -0.2) is 54.7 Å². The Morgan fingerprint density at radius 3 is 2.57 bits per heavy atom. The minimum atomic E-state index is -0.541. The van der Waals surface area contributed by atoms with Crippen LogP contribution in [0, 0.1) is 0 Å². The zero-order chi connectivity index (χ0) is 10.6. The van der Waals surface area contributed by atoms with E-state index in [4.69, 9.17) is 4.74 Å². The fourth-order valence-electron chi connectivity index (χ4n) is 1.65. The maximum atomic E-state index is 11.2. The molecule has 0 amide bonds. The van der Waals surface area contributed by atoms with E-state index in [1.807, 2.05) is 6.92 Å². The lowest BCUT2D eigenvalue weighted by Crippen LogP contribution is -2.44. The van der Waals surface area contributed by atoms with Crippen molar-refractivity contribution >= 4 is 5.78 Å². The summed E-state index contributed by atoms with van der Waals surface area (Å²) in [7, 11) is 1.53. The third kappa shape index (κ3) is 3.74. The lowest BCUT2D eigenvalue weighted by atomic mass is 9.94. The molecule has 1 heterocycles. The number of piperidine rings is 1. The Bertz CT molecular complexity index is 194. The molecule has 4 nitrogen and oxygen atoms in total. The van der Waals surface area contributed by atoms with Gasteiger partial charge in [-0.2, -0.15) is 0 Å². The molecule has 0 radical (unpaired) electrons. The van der Waals surface area contributed by atoms with Gasteiger partial charge in [-0.05, 0) is 19.8 Å². The van der Waals surface area contributed by atoms with E-state index in [0.717, 1.165) is 25.9 Å². The monoisotopic (exact) mass is 201 g/mol. The van der Waals surface area contributed by atoms with Crippen LogP contribution in [-0.2, 0) is 9.53 Å². The minimum absolute atomic E-state index is 0.106. The average Bonchev–Trinajstić information content (AvgIpc) is 2.09. The van der Waals surface area contributed by atoms with Crippen molar-refractivity contribution in [1.29, 1.82) is 0 Å². The highest BCUT2D eigenvalue weighted by Gasteiger charge is 2.27. The van der Waals surface area contributed by atoms with Gasteiger partial charge in [0.05, 0.1) is 12.1 Å². The van der Waals surface area contributed by atoms with Gasteiger partial charge in [-0.15, -0.1) is 0 Å². The number of aliphatic hydroxyl groups is 1. The number of ketones is 1. The molecule has 82 valence electrons. The summed E-state index contributed by atoms with van der Waals surface area (Å²) in [6.07, 6.45) is 1.49. The number of likely N-dealkylation sites (tertiary alicyclic amines) is 1. The highest BCUT2D eigenvalue weighted by Crippen LogP contribution is 2.20. The average molecular weight is 201 g/mol. The molecule has 0 spiro atoms. The molecule has 0 aliphatic carbocycles. The highest BCUT2D eigenvalue weighted by atomic mass is 16.5. The van der Waals surface area contributed by atoms with E-state index in [-0.39, 0.29) is 12.4 Å². The summed E-state index contributed by atoms with van der Waals surface area (Å²) in [5.74, 6) is 0.106. The van der Waals surface area contributed by atoms with Gasteiger partial charge in [0, 0.05) is 20.2 Å². The summed E-state index contributed by atoms with van der Waals surface area (Å²) in [6, 6.07) is 0. The van der Waals surface area contributed by atoms with Crippen LogP contribution in [0.3, 0.4) is 0 Å². The first-order valence-electron chi connectivity index (χ1n) is 4.99. The van der Waals surface area contributed by atoms with Crippen LogP contribution in [0.5, 0.6) is 0 Å². The summed E-state index contributed by atoms with van der Waals surface area (Å²) in [5, 5.41) is 9.69. The van der Waals surface area contributed by atoms with E-state index in [9.17, 15) is 9.90 Å². The maximum Gasteiger partial charge on any atom is 0.172 e. The number of carbonyl (C=O) groups excluding carboxylic acids is 1. The number of nitrogens with zero attached hydrogens (tertiary/aromatic N) is 1. The van der Waals surface area contributed by atoms with Crippen molar-refractivity contribution in [3.8, 4) is 0 Å². The largest absolute Gasteiger partial charge is 0.390 e. The van der Waals surface area contributed by atoms with Crippen LogP contribution in [0.15, 0.2) is 0 Å². The van der Waals surface area contributed by atoms with E-state index in [0.29, 0.717) is 6.54 Å². The fourth-order valence-corrected chi connectivity index (χ4v) is 1.65. The van der Waals surface area contributed by atoms with E-state index < -0.39 is 5.60 Å². The lowest BCUT2D eigenvalue weighted by Gasteiger charge is -2.35. The van der Waals surface area contributed by atoms with Gasteiger partial charge in [0.1, 0.15) is 6.61 Å². The standard InChI is InChI=1S/C10H19NO3/c1-10(13)3-5-11(6-4-10)7-9(12)8-14-2/h13H,3-8H2,1-2H3. The molecule has 0 atom stereocenters. The number of carbonyl (C=O) groups is 1. The molecule has 1 rings (SSSR count). The summed E-state index contributed by atoms with van der Waals surface area (Å²) in [5.41, 5.74) is -0.541. The van der Waals surface area contributed by atoms with E-state index in [2.05, 4.69) is 4.90 Å². The SMILES string of the molecule is COCC(=O)CN1CCC(C)(O)CC1. The number of ether oxygens (including phenoxy) is 1. The molecule has 0 bridgehead atoms. The topological polar surface area (TPSA) is 49.8 Å². The second kappa shape index (κ2) is 4.87. The number of methoxy groups -OCH3 is 1. The molecule has 0 aromatic carbocycles. The summed E-state index contributed by atoms with van der Waals surface area (Å²) in [6.45, 7) is 4.07. The highest BCUT2D eigenvalue weighted by molar-refractivity contribution is 5.81. The van der Waals surface area contributed by atoms with Crippen molar-refractivity contribution in [2.75, 3.05) is 33.4 Å². The second-order valence-corrected chi connectivity index (χ2v) is 4.24. The summed E-state index contributed by atoms with van der Waals surface area (Å²) < 4.78 is 4.76. The van der Waals surface area contributed by atoms with Crippen LogP contribution < -0.4 is 0 Å². The van der Waals surface area contributed by atoms with Crippen LogP contribution in [0.1, 0.15) is 19.8 Å². The summed E-state index contributed by atoms with van der Waals surface area (Å²) in [4.78, 5) is 13.3. The maximum absolute atomic E-state index is 11.2. The van der Waals surface area contributed by atoms with Crippen molar-refractivity contribution < 1.29 is 14.6 Å². The predicted molar refractivity (Wildman–Crippen MR) is 53.2 cm³/mol. The molecule has 1 aliphatic rings. The molecule has 0 aromatic heterocycles. The first-order chi connectivity index (χ1) is 6.53. The van der Waals surface area contributed by atoms with Crippen molar-refractivity contribution in [3.63, 3.8) is 0 Å². The number of Topliss-reactive ketones (excluding diaryl/α,β-unsaturated/α-hetero) is 1. The Kier molecular flexibility index (Phi) is 4.04. The quantitative estimate of drug-likeness (QED) is 0.698. The third-order valence-corrected chi connectivity index (χ3v) is 2.64. The molecule has 1 saturated heterocycles. The van der Waals surface area contributed by atoms with E-state index in [1.54, 1.807) is 0 Å². The van der Waals surface area contributed by atoms with Gasteiger partial charge in [0.2, 0.25) is 0 Å². The van der Waals surface area contributed by atoms with Gasteiger partial charge < -0.3 is 9.84 Å². The predicted octanol–water partition coefficient (Wildman–Crippen LogP) is 0.0487. The van der Waals surface area contributed by atoms with Gasteiger partial charge in [-0.3, -0.25) is 9.69 Å². The van der Waals surface area contributed by atoms with Gasteiger partial charge in [-0.25, -0.2) is 0 Å². The number of hydrogen-bond acceptors (Lipinski definition) is 4. The second-order valence-electron chi connectivity index (χ2n) is 4.24. The molecule has 0 unspecified atom stereocenters. The van der Waals surface area contributed by atoms with Crippen molar-refractivity contribution in [2.45, 2.75) is 25.4 Å². The van der Waals surface area contributed by atoms with Gasteiger partial charge in [0.15, 0.2) is 5.78 Å². The zero-order valence-electron chi connectivity index (χ0n) is 8.95. The Morgan fingerprint density at radius 2 is 2.07 bits per heavy atom. The summed E-state index contributed by atoms with van der Waals surface area (Å²) >= 11 is 0. The first kappa shape index (κ1) is 11.6. The normalized spacial score (nSPS) is 22.2. The molecule has 4 heteroatoms. The van der Waals surface area contributed by atoms with Gasteiger partial charge in [-0.1, -0.05) is 0 Å². The molecule has 1 fully saturated rings. The number of rotatable bonds is 4. The Hall–Kier alpha value is -0.450. The number of hydrogen-bond donors (Lipinski definition) is 1. The molecule has 1 N–H and O–H groups in total. The Morgan fingerprint density at radius 1 is 1.50 bits per heavy atom. The van der Waals surface area contributed by atoms with E-state index >= 15 is 0 Å². The smallest absolute Gasteiger partial charge is 0.172 e. The molecular weight excluding hydrogens is 182 g/mol. The minimum Gasteiger partial charge on any atom is -0.390 e.